The van der Waals surface area contributed by atoms with E-state index in [0.29, 0.717) is 11.1 Å². The lowest BCUT2D eigenvalue weighted by atomic mass is 9.93. The van der Waals surface area contributed by atoms with Gasteiger partial charge in [-0.2, -0.15) is 0 Å². The number of benzene rings is 1. The zero-order valence-electron chi connectivity index (χ0n) is 10.7. The van der Waals surface area contributed by atoms with Crippen LogP contribution < -0.4 is 5.73 Å². The van der Waals surface area contributed by atoms with E-state index in [9.17, 15) is 9.18 Å². The molecule has 0 aliphatic carbocycles. The van der Waals surface area contributed by atoms with Gasteiger partial charge in [0.1, 0.15) is 5.82 Å². The second-order valence-corrected chi connectivity index (χ2v) is 6.15. The van der Waals surface area contributed by atoms with Gasteiger partial charge in [-0.25, -0.2) is 9.18 Å². The molecule has 0 radical (unpaired) electrons. The van der Waals surface area contributed by atoms with E-state index >= 15 is 0 Å². The molecule has 0 saturated heterocycles. The van der Waals surface area contributed by atoms with Crippen molar-refractivity contribution >= 4 is 27.6 Å². The van der Waals surface area contributed by atoms with Crippen LogP contribution in [-0.4, -0.2) is 12.6 Å². The summed E-state index contributed by atoms with van der Waals surface area (Å²) in [6, 6.07) is 2.44. The highest BCUT2D eigenvalue weighted by Gasteiger charge is 2.16. The van der Waals surface area contributed by atoms with Crippen molar-refractivity contribution in [1.82, 2.24) is 0 Å². The summed E-state index contributed by atoms with van der Waals surface area (Å²) >= 11 is 3.12. The number of ether oxygens (including phenoxy) is 1. The third-order valence-corrected chi connectivity index (χ3v) is 3.05. The predicted octanol–water partition coefficient (Wildman–Crippen LogP) is 3.76. The summed E-state index contributed by atoms with van der Waals surface area (Å²) in [6.07, 6.45) is 0.757. The van der Waals surface area contributed by atoms with E-state index in [1.54, 1.807) is 0 Å². The SMILES string of the molecule is CC(C)(C)CCOC(=O)c1cc(N)c(F)cc1Br. The number of halogens is 2. The average molecular weight is 318 g/mol. The number of rotatable bonds is 3. The second kappa shape index (κ2) is 5.69. The molecule has 0 atom stereocenters. The Morgan fingerprint density at radius 1 is 1.44 bits per heavy atom. The van der Waals surface area contributed by atoms with Crippen molar-refractivity contribution < 1.29 is 13.9 Å². The van der Waals surface area contributed by atoms with Crippen LogP contribution in [0.15, 0.2) is 16.6 Å². The molecule has 0 aromatic heterocycles. The van der Waals surface area contributed by atoms with Gasteiger partial charge in [-0.1, -0.05) is 20.8 Å². The normalized spacial score (nSPS) is 11.4. The number of carbonyl (C=O) groups excluding carboxylic acids is 1. The van der Waals surface area contributed by atoms with Crippen molar-refractivity contribution in [2.24, 2.45) is 5.41 Å². The standard InChI is InChI=1S/C13H17BrFNO2/c1-13(2,3)4-5-18-12(17)8-6-11(16)10(15)7-9(8)14/h6-7H,4-5,16H2,1-3H3. The molecule has 18 heavy (non-hydrogen) atoms. The highest BCUT2D eigenvalue weighted by Crippen LogP contribution is 2.24. The number of esters is 1. The molecule has 0 heterocycles. The van der Waals surface area contributed by atoms with Crippen LogP contribution in [0, 0.1) is 11.2 Å². The Labute approximate surface area is 115 Å². The lowest BCUT2D eigenvalue weighted by molar-refractivity contribution is 0.0464. The van der Waals surface area contributed by atoms with Gasteiger partial charge in [0, 0.05) is 4.47 Å². The fourth-order valence-corrected chi connectivity index (χ4v) is 1.73. The molecule has 0 unspecified atom stereocenters. The maximum Gasteiger partial charge on any atom is 0.339 e. The van der Waals surface area contributed by atoms with Crippen LogP contribution in [0.3, 0.4) is 0 Å². The third-order valence-electron chi connectivity index (χ3n) is 2.39. The van der Waals surface area contributed by atoms with E-state index in [2.05, 4.69) is 36.7 Å². The minimum atomic E-state index is -0.562. The predicted molar refractivity (Wildman–Crippen MR) is 72.9 cm³/mol. The van der Waals surface area contributed by atoms with Gasteiger partial charge in [0.15, 0.2) is 0 Å². The molecule has 0 aliphatic heterocycles. The lowest BCUT2D eigenvalue weighted by Gasteiger charge is -2.17. The Morgan fingerprint density at radius 2 is 2.06 bits per heavy atom. The van der Waals surface area contributed by atoms with Gasteiger partial charge < -0.3 is 10.5 Å². The van der Waals surface area contributed by atoms with E-state index in [-0.39, 0.29) is 16.7 Å². The van der Waals surface area contributed by atoms with Crippen LogP contribution in [0.2, 0.25) is 0 Å². The first-order valence-electron chi connectivity index (χ1n) is 5.62. The van der Waals surface area contributed by atoms with Gasteiger partial charge in [0.25, 0.3) is 0 Å². The number of hydrogen-bond acceptors (Lipinski definition) is 3. The van der Waals surface area contributed by atoms with Gasteiger partial charge in [0.2, 0.25) is 0 Å². The van der Waals surface area contributed by atoms with Crippen LogP contribution in [-0.2, 0) is 4.74 Å². The summed E-state index contributed by atoms with van der Waals surface area (Å²) in [4.78, 5) is 11.8. The molecule has 0 aliphatic rings. The van der Waals surface area contributed by atoms with Crippen LogP contribution in [0.4, 0.5) is 10.1 Å². The quantitative estimate of drug-likeness (QED) is 0.682. The van der Waals surface area contributed by atoms with Gasteiger partial charge in [-0.3, -0.25) is 0 Å². The Hall–Kier alpha value is -1.10. The van der Waals surface area contributed by atoms with Crippen molar-refractivity contribution in [3.8, 4) is 0 Å². The number of carbonyl (C=O) groups is 1. The van der Waals surface area contributed by atoms with Crippen molar-refractivity contribution in [3.63, 3.8) is 0 Å². The molecule has 1 rings (SSSR count). The average Bonchev–Trinajstić information content (AvgIpc) is 2.21. The van der Waals surface area contributed by atoms with Gasteiger partial charge in [0.05, 0.1) is 17.9 Å². The smallest absolute Gasteiger partial charge is 0.339 e. The minimum absolute atomic E-state index is 0.0685. The van der Waals surface area contributed by atoms with Crippen LogP contribution >= 0.6 is 15.9 Å². The second-order valence-electron chi connectivity index (χ2n) is 5.30. The van der Waals surface area contributed by atoms with Crippen LogP contribution in [0.1, 0.15) is 37.6 Å². The highest BCUT2D eigenvalue weighted by atomic mass is 79.9. The van der Waals surface area contributed by atoms with Gasteiger partial charge in [-0.05, 0) is 39.9 Å². The zero-order valence-corrected chi connectivity index (χ0v) is 12.3. The summed E-state index contributed by atoms with van der Waals surface area (Å²) in [5, 5.41) is 0. The molecule has 5 heteroatoms. The molecule has 1 aromatic carbocycles. The maximum atomic E-state index is 13.1. The van der Waals surface area contributed by atoms with Crippen LogP contribution in [0.5, 0.6) is 0 Å². The Bertz CT molecular complexity index is 455. The molecule has 0 saturated carbocycles. The minimum Gasteiger partial charge on any atom is -0.462 e. The van der Waals surface area contributed by atoms with Gasteiger partial charge in [-0.15, -0.1) is 0 Å². The first kappa shape index (κ1) is 15.0. The molecule has 0 spiro atoms. The topological polar surface area (TPSA) is 52.3 Å². The summed E-state index contributed by atoms with van der Waals surface area (Å²) in [5.74, 6) is -1.06. The van der Waals surface area contributed by atoms with Crippen molar-refractivity contribution in [2.75, 3.05) is 12.3 Å². The Kier molecular flexibility index (Phi) is 4.73. The molecule has 3 nitrogen and oxygen atoms in total. The summed E-state index contributed by atoms with van der Waals surface area (Å²) in [7, 11) is 0. The summed E-state index contributed by atoms with van der Waals surface area (Å²) in [6.45, 7) is 6.51. The number of nitrogens with two attached hydrogens (primary N) is 1. The van der Waals surface area contributed by atoms with Crippen LogP contribution in [0.25, 0.3) is 0 Å². The first-order valence-corrected chi connectivity index (χ1v) is 6.41. The first-order chi connectivity index (χ1) is 8.20. The van der Waals surface area contributed by atoms with E-state index in [1.807, 2.05) is 0 Å². The zero-order chi connectivity index (χ0) is 13.9. The fourth-order valence-electron chi connectivity index (χ4n) is 1.25. The number of anilines is 1. The van der Waals surface area contributed by atoms with E-state index in [0.717, 1.165) is 12.5 Å². The van der Waals surface area contributed by atoms with Gasteiger partial charge >= 0.3 is 5.97 Å². The molecule has 0 amide bonds. The maximum absolute atomic E-state index is 13.1. The largest absolute Gasteiger partial charge is 0.462 e. The fraction of sp³-hybridized carbons (Fsp3) is 0.462. The van der Waals surface area contributed by atoms with Crippen molar-refractivity contribution in [2.45, 2.75) is 27.2 Å². The molecule has 2 N–H and O–H groups in total. The van der Waals surface area contributed by atoms with E-state index < -0.39 is 11.8 Å². The van der Waals surface area contributed by atoms with Crippen molar-refractivity contribution in [1.29, 1.82) is 0 Å². The molecule has 0 fully saturated rings. The molecule has 1 aromatic rings. The Balaban J connectivity index is 2.70. The molecule has 100 valence electrons. The van der Waals surface area contributed by atoms with E-state index in [4.69, 9.17) is 10.5 Å². The summed E-state index contributed by atoms with van der Waals surface area (Å²) in [5.41, 5.74) is 5.69. The number of nitrogen functional groups attached to an aromatic ring is 1. The highest BCUT2D eigenvalue weighted by molar-refractivity contribution is 9.10. The third kappa shape index (κ3) is 4.29. The van der Waals surface area contributed by atoms with Crippen molar-refractivity contribution in [3.05, 3.63) is 28.0 Å². The Morgan fingerprint density at radius 3 is 2.61 bits per heavy atom. The number of hydrogen-bond donors (Lipinski definition) is 1. The lowest BCUT2D eigenvalue weighted by Crippen LogP contribution is -2.14. The monoisotopic (exact) mass is 317 g/mol. The molecule has 0 bridgehead atoms. The molecular formula is C13H17BrFNO2. The van der Waals surface area contributed by atoms with E-state index in [1.165, 1.54) is 6.07 Å². The summed E-state index contributed by atoms with van der Waals surface area (Å²) < 4.78 is 18.6. The molecular weight excluding hydrogens is 301 g/mol.